The molecule has 44 heavy (non-hydrogen) atoms. The normalized spacial score (nSPS) is 13.7. The molecule has 4 unspecified atom stereocenters. The first-order valence-electron chi connectivity index (χ1n) is 14.3. The third kappa shape index (κ3) is 11.4. The number of hydrogen-bond acceptors (Lipinski definition) is 7. The number of H-pyrrole nitrogens is 1. The van der Waals surface area contributed by atoms with E-state index in [1.54, 1.807) is 20.0 Å². The highest BCUT2D eigenvalue weighted by molar-refractivity contribution is 5.94. The highest BCUT2D eigenvalue weighted by atomic mass is 16.4. The van der Waals surface area contributed by atoms with Crippen LogP contribution >= 0.6 is 0 Å². The molecule has 0 aliphatic carbocycles. The molecule has 16 heteroatoms. The number of para-hydroxylation sites is 1. The number of benzene rings is 1. The Morgan fingerprint density at radius 1 is 0.818 bits per heavy atom. The van der Waals surface area contributed by atoms with Gasteiger partial charge in [0.2, 0.25) is 17.7 Å². The summed E-state index contributed by atoms with van der Waals surface area (Å²) < 4.78 is 0. The number of carbonyl (C=O) groups is 4. The van der Waals surface area contributed by atoms with Crippen LogP contribution in [0.5, 0.6) is 0 Å². The van der Waals surface area contributed by atoms with Gasteiger partial charge in [-0.25, -0.2) is 4.79 Å². The lowest BCUT2D eigenvalue weighted by Gasteiger charge is -2.26. The molecule has 0 saturated carbocycles. The van der Waals surface area contributed by atoms with Gasteiger partial charge in [0.1, 0.15) is 18.1 Å². The molecule has 0 fully saturated rings. The first kappa shape index (κ1) is 35.3. The van der Waals surface area contributed by atoms with E-state index in [2.05, 4.69) is 30.9 Å². The Morgan fingerprint density at radius 3 is 1.82 bits per heavy atom. The van der Waals surface area contributed by atoms with E-state index in [-0.39, 0.29) is 56.6 Å². The standard InChI is InChI=1S/C28H45N11O5/c1-15(2)22(29)25(42)38-20(10-6-12-35-28(32)33)23(40)37-19(9-5-11-34-27(30)31)24(41)39-21(26(43)44)13-16-14-36-18-8-4-3-7-17(16)18/h3-4,7-8,14-15,19-22,36H,5-6,9-13,29H2,1-2H3,(H,37,40)(H,38,42)(H,39,41)(H,43,44)(H4,30,31,34)(H4,32,33,35). The lowest BCUT2D eigenvalue weighted by molar-refractivity contribution is -0.142. The number of nitrogens with two attached hydrogens (primary N) is 5. The predicted molar refractivity (Wildman–Crippen MR) is 168 cm³/mol. The second-order valence-corrected chi connectivity index (χ2v) is 10.8. The number of carbonyl (C=O) groups excluding carboxylic acids is 3. The van der Waals surface area contributed by atoms with Crippen molar-refractivity contribution in [2.45, 2.75) is 70.1 Å². The number of amides is 3. The van der Waals surface area contributed by atoms with E-state index in [0.717, 1.165) is 10.9 Å². The van der Waals surface area contributed by atoms with E-state index in [9.17, 15) is 24.3 Å². The van der Waals surface area contributed by atoms with Crippen LogP contribution in [0.2, 0.25) is 0 Å². The van der Waals surface area contributed by atoms with Gasteiger partial charge in [0.05, 0.1) is 6.04 Å². The molecule has 0 bridgehead atoms. The lowest BCUT2D eigenvalue weighted by Crippen LogP contribution is -2.57. The zero-order valence-electron chi connectivity index (χ0n) is 25.1. The average Bonchev–Trinajstić information content (AvgIpc) is 3.37. The van der Waals surface area contributed by atoms with E-state index in [1.165, 1.54) is 0 Å². The molecule has 16 nitrogen and oxygen atoms in total. The summed E-state index contributed by atoms with van der Waals surface area (Å²) in [7, 11) is 0. The minimum Gasteiger partial charge on any atom is -0.480 e. The van der Waals surface area contributed by atoms with Crippen molar-refractivity contribution in [3.05, 3.63) is 36.0 Å². The molecule has 0 spiro atoms. The molecule has 1 aromatic heterocycles. The van der Waals surface area contributed by atoms with Crippen LogP contribution < -0.4 is 44.6 Å². The fourth-order valence-corrected chi connectivity index (χ4v) is 4.38. The van der Waals surface area contributed by atoms with E-state index in [1.807, 2.05) is 24.3 Å². The Balaban J connectivity index is 2.25. The van der Waals surface area contributed by atoms with E-state index < -0.39 is 47.9 Å². The van der Waals surface area contributed by atoms with E-state index in [0.29, 0.717) is 12.0 Å². The number of hydrogen-bond donors (Lipinski definition) is 10. The number of guanidine groups is 2. The first-order valence-corrected chi connectivity index (χ1v) is 14.3. The van der Waals surface area contributed by atoms with Crippen LogP contribution in [0.25, 0.3) is 10.9 Å². The Bertz CT molecular complexity index is 1330. The van der Waals surface area contributed by atoms with Gasteiger partial charge in [-0.3, -0.25) is 24.4 Å². The molecule has 15 N–H and O–H groups in total. The maximum atomic E-state index is 13.5. The SMILES string of the molecule is CC(C)C(N)C(=O)NC(CCCN=C(N)N)C(=O)NC(CCCN=C(N)N)C(=O)NC(Cc1c[nH]c2ccccc12)C(=O)O. The molecule has 242 valence electrons. The van der Waals surface area contributed by atoms with Crippen molar-refractivity contribution in [2.24, 2.45) is 44.6 Å². The largest absolute Gasteiger partial charge is 0.480 e. The van der Waals surface area contributed by atoms with Crippen molar-refractivity contribution in [3.63, 3.8) is 0 Å². The summed E-state index contributed by atoms with van der Waals surface area (Å²) in [5.41, 5.74) is 29.1. The molecule has 3 amide bonds. The van der Waals surface area contributed by atoms with Gasteiger partial charge in [-0.1, -0.05) is 32.0 Å². The van der Waals surface area contributed by atoms with Crippen molar-refractivity contribution in [2.75, 3.05) is 13.1 Å². The van der Waals surface area contributed by atoms with Crippen LogP contribution in [0.1, 0.15) is 45.1 Å². The summed E-state index contributed by atoms with van der Waals surface area (Å²) in [6, 6.07) is 2.98. The quantitative estimate of drug-likeness (QED) is 0.0517. The van der Waals surface area contributed by atoms with Gasteiger partial charge in [-0.15, -0.1) is 0 Å². The van der Waals surface area contributed by atoms with Gasteiger partial charge < -0.3 is 54.7 Å². The molecule has 2 rings (SSSR count). The monoisotopic (exact) mass is 615 g/mol. The number of aliphatic imine (C=N–C) groups is 2. The summed E-state index contributed by atoms with van der Waals surface area (Å²) >= 11 is 0. The number of carboxylic acids is 1. The van der Waals surface area contributed by atoms with Crippen molar-refractivity contribution in [1.29, 1.82) is 0 Å². The van der Waals surface area contributed by atoms with Crippen molar-refractivity contribution in [3.8, 4) is 0 Å². The summed E-state index contributed by atoms with van der Waals surface area (Å²) in [5, 5.41) is 18.6. The number of carboxylic acid groups (broad SMARTS) is 1. The summed E-state index contributed by atoms with van der Waals surface area (Å²) in [5.74, 6) is -3.62. The third-order valence-electron chi connectivity index (χ3n) is 6.89. The zero-order valence-corrected chi connectivity index (χ0v) is 25.1. The van der Waals surface area contributed by atoms with Crippen LogP contribution in [0.3, 0.4) is 0 Å². The van der Waals surface area contributed by atoms with Crippen LogP contribution in [-0.2, 0) is 25.6 Å². The van der Waals surface area contributed by atoms with Gasteiger partial charge in [0.25, 0.3) is 0 Å². The molecule has 0 radical (unpaired) electrons. The number of rotatable bonds is 18. The molecule has 0 saturated heterocycles. The smallest absolute Gasteiger partial charge is 0.326 e. The maximum absolute atomic E-state index is 13.5. The number of aromatic amines is 1. The topological polar surface area (TPSA) is 295 Å². The Morgan fingerprint density at radius 2 is 1.32 bits per heavy atom. The predicted octanol–water partition coefficient (Wildman–Crippen LogP) is -1.66. The summed E-state index contributed by atoms with van der Waals surface area (Å²) in [6.45, 7) is 3.91. The summed E-state index contributed by atoms with van der Waals surface area (Å²) in [6.07, 6.45) is 2.53. The molecule has 2 aromatic rings. The highest BCUT2D eigenvalue weighted by Crippen LogP contribution is 2.19. The van der Waals surface area contributed by atoms with Crippen LogP contribution in [0, 0.1) is 5.92 Å². The second-order valence-electron chi connectivity index (χ2n) is 10.8. The number of nitrogens with zero attached hydrogens (tertiary/aromatic N) is 2. The molecule has 1 heterocycles. The fraction of sp³-hybridized carbons (Fsp3) is 0.500. The van der Waals surface area contributed by atoms with Gasteiger partial charge in [0.15, 0.2) is 11.9 Å². The van der Waals surface area contributed by atoms with E-state index >= 15 is 0 Å². The Hall–Kier alpha value is -4.86. The minimum atomic E-state index is -1.29. The van der Waals surface area contributed by atoms with Crippen LogP contribution in [-0.4, -0.2) is 83.0 Å². The molecular formula is C28H45N11O5. The van der Waals surface area contributed by atoms with Crippen LogP contribution in [0.15, 0.2) is 40.4 Å². The van der Waals surface area contributed by atoms with Crippen LogP contribution in [0.4, 0.5) is 0 Å². The van der Waals surface area contributed by atoms with Gasteiger partial charge in [-0.05, 0) is 43.2 Å². The number of aliphatic carboxylic acids is 1. The second kappa shape index (κ2) is 17.3. The minimum absolute atomic E-state index is 0.00365. The average molecular weight is 616 g/mol. The van der Waals surface area contributed by atoms with Gasteiger partial charge >= 0.3 is 5.97 Å². The molecule has 0 aliphatic heterocycles. The molecule has 1 aromatic carbocycles. The van der Waals surface area contributed by atoms with Gasteiger partial charge in [-0.2, -0.15) is 0 Å². The number of nitrogens with one attached hydrogen (secondary N) is 4. The third-order valence-corrected chi connectivity index (χ3v) is 6.89. The fourth-order valence-electron chi connectivity index (χ4n) is 4.38. The van der Waals surface area contributed by atoms with Gasteiger partial charge in [0, 0.05) is 36.6 Å². The highest BCUT2D eigenvalue weighted by Gasteiger charge is 2.31. The summed E-state index contributed by atoms with van der Waals surface area (Å²) in [4.78, 5) is 62.7. The molecular weight excluding hydrogens is 570 g/mol. The van der Waals surface area contributed by atoms with E-state index in [4.69, 9.17) is 28.7 Å². The zero-order chi connectivity index (χ0) is 32.8. The Kier molecular flexibility index (Phi) is 13.9. The van der Waals surface area contributed by atoms with Crippen molar-refractivity contribution >= 4 is 46.5 Å². The molecule has 0 aliphatic rings. The van der Waals surface area contributed by atoms with Crippen molar-refractivity contribution < 1.29 is 24.3 Å². The number of fused-ring (bicyclic) bond motifs is 1. The first-order chi connectivity index (χ1) is 20.8. The number of aromatic nitrogens is 1. The lowest BCUT2D eigenvalue weighted by atomic mass is 10.0. The molecule has 4 atom stereocenters. The Labute approximate surface area is 255 Å². The van der Waals surface area contributed by atoms with Crippen molar-refractivity contribution in [1.82, 2.24) is 20.9 Å². The maximum Gasteiger partial charge on any atom is 0.326 e.